The van der Waals surface area contributed by atoms with Gasteiger partial charge in [-0.15, -0.1) is 0 Å². The van der Waals surface area contributed by atoms with Crippen molar-refractivity contribution in [2.45, 2.75) is 54.9 Å². The van der Waals surface area contributed by atoms with E-state index >= 15 is 0 Å². The molecule has 0 bridgehead atoms. The van der Waals surface area contributed by atoms with Gasteiger partial charge in [-0.1, -0.05) is 0 Å². The van der Waals surface area contributed by atoms with E-state index in [1.807, 2.05) is 0 Å². The molecule has 400 valence electrons. The molecule has 20 N–H and O–H groups in total. The number of aromatic hydroxyl groups is 18. The molecule has 0 aromatic heterocycles. The lowest BCUT2D eigenvalue weighted by Crippen LogP contribution is -2.41. The predicted octanol–water partition coefficient (Wildman–Crippen LogP) is 4.54. The predicted molar refractivity (Wildman–Crippen MR) is 254 cm³/mol. The Morgan fingerprint density at radius 1 is 0.403 bits per heavy atom. The van der Waals surface area contributed by atoms with Gasteiger partial charge in [0, 0.05) is 75.2 Å². The fourth-order valence-corrected chi connectivity index (χ4v) is 10.2. The van der Waals surface area contributed by atoms with Crippen molar-refractivity contribution in [2.24, 2.45) is 0 Å². The fourth-order valence-electron chi connectivity index (χ4n) is 10.2. The summed E-state index contributed by atoms with van der Waals surface area (Å²) >= 11 is 0. The molecule has 77 heavy (non-hydrogen) atoms. The van der Waals surface area contributed by atoms with E-state index in [0.717, 1.165) is 54.6 Å². The van der Waals surface area contributed by atoms with Crippen LogP contribution in [0.2, 0.25) is 0 Å². The van der Waals surface area contributed by atoms with Crippen molar-refractivity contribution < 1.29 is 126 Å². The van der Waals surface area contributed by atoms with Crippen LogP contribution in [0.25, 0.3) is 0 Å². The third-order valence-electron chi connectivity index (χ3n) is 13.6. The summed E-state index contributed by atoms with van der Waals surface area (Å²) < 4.78 is 25.1. The SMILES string of the molecule is O=C(O[C@@H]1[C@@H](c2c(O)cc(O)c3c2O[C@H](c2cc(O)c(O)c(O)c2)[C@H](O)C3)c2c(O)cc(O)c([C@H]3c4c(O)cc(O)cc4O[C@H](c4cc(O)c(O)c(O)c4)[C@@H]3O)c2O[C@@H]1c1cc(O)c(O)c(O)c1)c1cc(O)c(O)c(O)c1. The Bertz CT molecular complexity index is 3540. The second kappa shape index (κ2) is 18.0. The number of fused-ring (bicyclic) bond motifs is 3. The molecule has 0 spiro atoms. The summed E-state index contributed by atoms with van der Waals surface area (Å²) in [7, 11) is 0. The summed E-state index contributed by atoms with van der Waals surface area (Å²) in [6.07, 6.45) is -12.3. The summed E-state index contributed by atoms with van der Waals surface area (Å²) in [6, 6.07) is 9.61. The molecule has 3 aliphatic heterocycles. The Kier molecular flexibility index (Phi) is 11.7. The van der Waals surface area contributed by atoms with Gasteiger partial charge < -0.3 is 121 Å². The van der Waals surface area contributed by atoms with Crippen molar-refractivity contribution in [3.05, 3.63) is 123 Å². The van der Waals surface area contributed by atoms with Crippen molar-refractivity contribution in [3.8, 4) is 121 Å². The van der Waals surface area contributed by atoms with Crippen molar-refractivity contribution in [1.29, 1.82) is 0 Å². The van der Waals surface area contributed by atoms with E-state index in [-0.39, 0.29) is 16.7 Å². The second-order valence-electron chi connectivity index (χ2n) is 18.4. The van der Waals surface area contributed by atoms with E-state index in [9.17, 15) is 107 Å². The standard InChI is InChI=1S/C52H42O25/c53-18-9-21(55)35-34(10-18)74-47(15-3-27(61)42(69)28(62)4-15)45(72)39(35)36-23(57)13-24(58)38-40(37-22(56)12-20(54)19-11-33(67)46(75-49(19)37)14-1-25(59)41(68)26(60)2-14)51(77-52(73)17-7-31(65)44(71)32(66)8-17)48(76-50(36)38)16-5-29(63)43(70)30(64)6-16/h1-10,12-13,33,39-40,45-48,51,53-72H,11H2/t33-,39-,40+,45-,46-,47-,48-,51-/m1/s1. The lowest BCUT2D eigenvalue weighted by atomic mass is 9.73. The number of hydrogen-bond donors (Lipinski definition) is 20. The van der Waals surface area contributed by atoms with Crippen LogP contribution in [0.4, 0.5) is 0 Å². The van der Waals surface area contributed by atoms with Crippen LogP contribution in [0.15, 0.2) is 72.8 Å². The average molecular weight is 1070 g/mol. The largest absolute Gasteiger partial charge is 0.508 e. The summed E-state index contributed by atoms with van der Waals surface area (Å²) in [5, 5.41) is 221. The molecule has 0 saturated heterocycles. The smallest absolute Gasteiger partial charge is 0.338 e. The highest BCUT2D eigenvalue weighted by Gasteiger charge is 2.53. The molecular weight excluding hydrogens is 1020 g/mol. The van der Waals surface area contributed by atoms with E-state index in [4.69, 9.17) is 18.9 Å². The number of esters is 1. The number of hydrogen-bond acceptors (Lipinski definition) is 25. The Morgan fingerprint density at radius 2 is 0.805 bits per heavy atom. The zero-order valence-corrected chi connectivity index (χ0v) is 38.7. The molecule has 0 radical (unpaired) electrons. The summed E-state index contributed by atoms with van der Waals surface area (Å²) in [4.78, 5) is 14.5. The first kappa shape index (κ1) is 50.3. The first-order valence-corrected chi connectivity index (χ1v) is 22.6. The minimum Gasteiger partial charge on any atom is -0.508 e. The minimum atomic E-state index is -2.22. The number of phenols is 18. The number of aliphatic hydroxyl groups excluding tert-OH is 2. The molecular formula is C52H42O25. The lowest BCUT2D eigenvalue weighted by Gasteiger charge is -2.44. The minimum absolute atomic E-state index is 0.224. The number of phenolic OH excluding ortho intramolecular Hbond substituents is 18. The van der Waals surface area contributed by atoms with Crippen LogP contribution in [0.1, 0.15) is 85.0 Å². The van der Waals surface area contributed by atoms with Gasteiger partial charge in [0.15, 0.2) is 93.4 Å². The highest BCUT2D eigenvalue weighted by molar-refractivity contribution is 5.91. The molecule has 0 saturated carbocycles. The van der Waals surface area contributed by atoms with Gasteiger partial charge in [-0.25, -0.2) is 4.79 Å². The summed E-state index contributed by atoms with van der Waals surface area (Å²) in [5.74, 6) is -24.4. The lowest BCUT2D eigenvalue weighted by molar-refractivity contribution is -0.0303. The van der Waals surface area contributed by atoms with E-state index in [1.165, 1.54) is 0 Å². The van der Waals surface area contributed by atoms with Gasteiger partial charge in [-0.2, -0.15) is 0 Å². The summed E-state index contributed by atoms with van der Waals surface area (Å²) in [6.45, 7) is 0. The maximum absolute atomic E-state index is 14.5. The Labute approximate surface area is 429 Å². The van der Waals surface area contributed by atoms with Crippen molar-refractivity contribution >= 4 is 5.97 Å². The van der Waals surface area contributed by atoms with E-state index in [1.54, 1.807) is 0 Å². The molecule has 3 aliphatic rings. The molecule has 3 heterocycles. The number of rotatable bonds is 7. The normalized spacial score (nSPS) is 21.3. The first-order valence-electron chi connectivity index (χ1n) is 22.6. The molecule has 25 heteroatoms. The Morgan fingerprint density at radius 3 is 1.31 bits per heavy atom. The first-order chi connectivity index (χ1) is 36.3. The average Bonchev–Trinajstić information content (AvgIpc) is 3.51. The van der Waals surface area contributed by atoms with Crippen LogP contribution >= 0.6 is 0 Å². The molecule has 7 aromatic rings. The van der Waals surface area contributed by atoms with Gasteiger partial charge in [-0.3, -0.25) is 0 Å². The van der Waals surface area contributed by atoms with Crippen molar-refractivity contribution in [3.63, 3.8) is 0 Å². The van der Waals surface area contributed by atoms with Gasteiger partial charge in [0.05, 0.1) is 23.5 Å². The number of aliphatic hydroxyl groups is 2. The number of ether oxygens (including phenoxy) is 4. The molecule has 0 unspecified atom stereocenters. The maximum atomic E-state index is 14.5. The van der Waals surface area contributed by atoms with Crippen molar-refractivity contribution in [1.82, 2.24) is 0 Å². The highest BCUT2D eigenvalue weighted by Crippen LogP contribution is 2.63. The van der Waals surface area contributed by atoms with Gasteiger partial charge >= 0.3 is 5.97 Å². The van der Waals surface area contributed by atoms with E-state index in [0.29, 0.717) is 18.2 Å². The van der Waals surface area contributed by atoms with Crippen LogP contribution in [0.3, 0.4) is 0 Å². The van der Waals surface area contributed by atoms with Gasteiger partial charge in [-0.05, 0) is 48.5 Å². The number of carbonyl (C=O) groups excluding carboxylic acids is 1. The highest BCUT2D eigenvalue weighted by atomic mass is 16.6. The molecule has 7 aromatic carbocycles. The molecule has 0 aliphatic carbocycles. The monoisotopic (exact) mass is 1070 g/mol. The van der Waals surface area contributed by atoms with Crippen LogP contribution in [0.5, 0.6) is 121 Å². The Hall–Kier alpha value is -10.3. The van der Waals surface area contributed by atoms with Gasteiger partial charge in [0.25, 0.3) is 0 Å². The van der Waals surface area contributed by atoms with Crippen LogP contribution < -0.4 is 14.2 Å². The zero-order valence-electron chi connectivity index (χ0n) is 38.7. The van der Waals surface area contributed by atoms with Crippen LogP contribution in [0, 0.1) is 0 Å². The Balaban J connectivity index is 1.30. The number of carbonyl (C=O) groups is 1. The zero-order chi connectivity index (χ0) is 55.5. The fraction of sp³-hybridized carbons (Fsp3) is 0.173. The van der Waals surface area contributed by atoms with Crippen LogP contribution in [-0.4, -0.2) is 126 Å². The second-order valence-corrected chi connectivity index (χ2v) is 18.4. The van der Waals surface area contributed by atoms with Crippen LogP contribution in [-0.2, 0) is 11.2 Å². The summed E-state index contributed by atoms with van der Waals surface area (Å²) in [5.41, 5.74) is -4.29. The molecule has 8 atom stereocenters. The van der Waals surface area contributed by atoms with E-state index in [2.05, 4.69) is 0 Å². The van der Waals surface area contributed by atoms with Gasteiger partial charge in [0.1, 0.15) is 57.8 Å². The third-order valence-corrected chi connectivity index (χ3v) is 13.6. The topological polar surface area (TPSA) is 459 Å². The molecule has 25 nitrogen and oxygen atoms in total. The van der Waals surface area contributed by atoms with Crippen molar-refractivity contribution in [2.75, 3.05) is 0 Å². The number of benzene rings is 7. The molecule has 0 amide bonds. The molecule has 10 rings (SSSR count). The van der Waals surface area contributed by atoms with Gasteiger partial charge in [0.2, 0.25) is 0 Å². The third kappa shape index (κ3) is 8.08. The van der Waals surface area contributed by atoms with E-state index < -0.39 is 215 Å². The molecule has 0 fully saturated rings. The maximum Gasteiger partial charge on any atom is 0.338 e. The quantitative estimate of drug-likeness (QED) is 0.0769.